The number of carbonyl (C=O) groups is 2. The van der Waals surface area contributed by atoms with Crippen LogP contribution < -0.4 is 20.6 Å². The number of ether oxygens (including phenoxy) is 1. The van der Waals surface area contributed by atoms with Gasteiger partial charge in [-0.3, -0.25) is 19.7 Å². The second-order valence-corrected chi connectivity index (χ2v) is 6.30. The molecule has 0 spiro atoms. The summed E-state index contributed by atoms with van der Waals surface area (Å²) in [6, 6.07) is 11.5. The van der Waals surface area contributed by atoms with Gasteiger partial charge in [-0.1, -0.05) is 30.3 Å². The summed E-state index contributed by atoms with van der Waals surface area (Å²) in [6.07, 6.45) is 1.14. The van der Waals surface area contributed by atoms with Crippen molar-refractivity contribution < 1.29 is 24.4 Å². The van der Waals surface area contributed by atoms with Crippen LogP contribution in [0.1, 0.15) is 17.0 Å². The standard InChI is InChI=1S/C19H18N4O6/c1-29-15-8-11(7-14(17(15)24)23(27)28)9-21-22-19(26)16-13(10-20-18(16)25)12-5-3-2-4-6-12/h2-9,13,16,24H,10H2,1H3,(H,20,25)(H,22,26)/p-1/t13-,16-/m1/s1. The minimum absolute atomic E-state index is 0.184. The lowest BCUT2D eigenvalue weighted by molar-refractivity contribution is -0.398. The molecule has 0 unspecified atom stereocenters. The van der Waals surface area contributed by atoms with E-state index < -0.39 is 34.1 Å². The third-order valence-electron chi connectivity index (χ3n) is 4.55. The summed E-state index contributed by atoms with van der Waals surface area (Å²) >= 11 is 0. The lowest BCUT2D eigenvalue weighted by atomic mass is 9.88. The van der Waals surface area contributed by atoms with Crippen LogP contribution in [0, 0.1) is 16.0 Å². The minimum atomic E-state index is -0.956. The number of methoxy groups -OCH3 is 1. The van der Waals surface area contributed by atoms with Crippen molar-refractivity contribution >= 4 is 23.7 Å². The summed E-state index contributed by atoms with van der Waals surface area (Å²) in [5.41, 5.74) is 2.65. The molecule has 2 aromatic carbocycles. The van der Waals surface area contributed by atoms with Gasteiger partial charge in [0.15, 0.2) is 0 Å². The molecule has 3 rings (SSSR count). The van der Waals surface area contributed by atoms with E-state index in [-0.39, 0.29) is 17.2 Å². The van der Waals surface area contributed by atoms with E-state index in [0.717, 1.165) is 17.8 Å². The van der Waals surface area contributed by atoms with Gasteiger partial charge in [0, 0.05) is 29.8 Å². The zero-order valence-corrected chi connectivity index (χ0v) is 15.3. The summed E-state index contributed by atoms with van der Waals surface area (Å²) < 4.78 is 4.84. The molecule has 0 radical (unpaired) electrons. The molecule has 1 aliphatic rings. The zero-order chi connectivity index (χ0) is 21.0. The summed E-state index contributed by atoms with van der Waals surface area (Å²) in [5, 5.41) is 29.3. The quantitative estimate of drug-likeness (QED) is 0.317. The largest absolute Gasteiger partial charge is 0.865 e. The van der Waals surface area contributed by atoms with Crippen molar-refractivity contribution in [3.63, 3.8) is 0 Å². The monoisotopic (exact) mass is 397 g/mol. The topological polar surface area (TPSA) is 146 Å². The fourth-order valence-electron chi connectivity index (χ4n) is 3.14. The first kappa shape index (κ1) is 19.8. The average molecular weight is 397 g/mol. The zero-order valence-electron chi connectivity index (χ0n) is 15.3. The molecule has 1 heterocycles. The normalized spacial score (nSPS) is 18.4. The number of hydrogen-bond acceptors (Lipinski definition) is 7. The molecule has 2 atom stereocenters. The second kappa shape index (κ2) is 8.38. The highest BCUT2D eigenvalue weighted by molar-refractivity contribution is 6.03. The van der Waals surface area contributed by atoms with E-state index in [1.165, 1.54) is 13.2 Å². The lowest BCUT2D eigenvalue weighted by Gasteiger charge is -2.15. The first-order valence-corrected chi connectivity index (χ1v) is 8.61. The van der Waals surface area contributed by atoms with E-state index in [0.29, 0.717) is 6.54 Å². The molecule has 0 aromatic heterocycles. The van der Waals surface area contributed by atoms with Gasteiger partial charge in [-0.05, 0) is 11.6 Å². The van der Waals surface area contributed by atoms with Gasteiger partial charge in [-0.2, -0.15) is 5.10 Å². The van der Waals surface area contributed by atoms with Crippen LogP contribution in [-0.4, -0.2) is 36.6 Å². The molecule has 150 valence electrons. The van der Waals surface area contributed by atoms with Crippen LogP contribution in [0.4, 0.5) is 5.69 Å². The smallest absolute Gasteiger partial charge is 0.266 e. The average Bonchev–Trinajstić information content (AvgIpc) is 3.10. The predicted molar refractivity (Wildman–Crippen MR) is 101 cm³/mol. The molecule has 2 amide bonds. The van der Waals surface area contributed by atoms with Gasteiger partial charge in [0.05, 0.1) is 18.2 Å². The van der Waals surface area contributed by atoms with Crippen LogP contribution in [0.2, 0.25) is 0 Å². The predicted octanol–water partition coefficient (Wildman–Crippen LogP) is 0.657. The molecule has 0 aliphatic carbocycles. The highest BCUT2D eigenvalue weighted by Crippen LogP contribution is 2.34. The summed E-state index contributed by atoms with van der Waals surface area (Å²) in [7, 11) is 1.21. The van der Waals surface area contributed by atoms with Crippen LogP contribution >= 0.6 is 0 Å². The molecule has 29 heavy (non-hydrogen) atoms. The Morgan fingerprint density at radius 3 is 2.72 bits per heavy atom. The van der Waals surface area contributed by atoms with Gasteiger partial charge >= 0.3 is 0 Å². The van der Waals surface area contributed by atoms with Crippen molar-refractivity contribution in [1.29, 1.82) is 0 Å². The summed E-state index contributed by atoms with van der Waals surface area (Å²) in [4.78, 5) is 34.8. The van der Waals surface area contributed by atoms with Crippen LogP contribution in [-0.2, 0) is 9.59 Å². The van der Waals surface area contributed by atoms with Gasteiger partial charge in [0.2, 0.25) is 5.91 Å². The maximum Gasteiger partial charge on any atom is 0.266 e. The van der Waals surface area contributed by atoms with Crippen LogP contribution in [0.25, 0.3) is 0 Å². The van der Waals surface area contributed by atoms with Crippen molar-refractivity contribution in [3.8, 4) is 11.5 Å². The van der Waals surface area contributed by atoms with Gasteiger partial charge in [0.25, 0.3) is 11.6 Å². The number of amides is 2. The minimum Gasteiger partial charge on any atom is -0.865 e. The summed E-state index contributed by atoms with van der Waals surface area (Å²) in [5.74, 6) is -3.37. The lowest BCUT2D eigenvalue weighted by Crippen LogP contribution is -2.34. The molecular formula is C19H17N4O6-. The summed E-state index contributed by atoms with van der Waals surface area (Å²) in [6.45, 7) is 0.332. The highest BCUT2D eigenvalue weighted by Gasteiger charge is 2.40. The van der Waals surface area contributed by atoms with E-state index >= 15 is 0 Å². The van der Waals surface area contributed by atoms with E-state index in [1.807, 2.05) is 30.3 Å². The third kappa shape index (κ3) is 4.15. The van der Waals surface area contributed by atoms with E-state index in [1.54, 1.807) is 0 Å². The number of nitrogens with zero attached hydrogens (tertiary/aromatic N) is 2. The molecule has 10 nitrogen and oxygen atoms in total. The van der Waals surface area contributed by atoms with E-state index in [9.17, 15) is 24.8 Å². The van der Waals surface area contributed by atoms with Gasteiger partial charge < -0.3 is 15.2 Å². The Balaban J connectivity index is 1.76. The number of nitrogens with one attached hydrogen (secondary N) is 2. The maximum atomic E-state index is 12.5. The molecule has 1 saturated heterocycles. The first-order chi connectivity index (χ1) is 13.9. The van der Waals surface area contributed by atoms with Crippen molar-refractivity contribution in [2.75, 3.05) is 13.7 Å². The fraction of sp³-hybridized carbons (Fsp3) is 0.211. The fourth-order valence-corrected chi connectivity index (χ4v) is 3.14. The number of nitro groups is 1. The van der Waals surface area contributed by atoms with Crippen molar-refractivity contribution in [3.05, 3.63) is 63.7 Å². The Bertz CT molecular complexity index is 976. The Morgan fingerprint density at radius 1 is 1.34 bits per heavy atom. The van der Waals surface area contributed by atoms with Crippen molar-refractivity contribution in [2.45, 2.75) is 5.92 Å². The SMILES string of the molecule is COc1cc(C=NNC(=O)[C@H]2C(=O)NC[C@@H]2c2ccccc2)cc([N+](=O)[O-])c1[O-]. The maximum absolute atomic E-state index is 12.5. The van der Waals surface area contributed by atoms with E-state index in [2.05, 4.69) is 15.8 Å². The molecule has 0 saturated carbocycles. The van der Waals surface area contributed by atoms with Gasteiger partial charge in [0.1, 0.15) is 11.7 Å². The number of carbonyl (C=O) groups excluding carboxylic acids is 2. The van der Waals surface area contributed by atoms with E-state index in [4.69, 9.17) is 4.74 Å². The Hall–Kier alpha value is -3.95. The molecule has 10 heteroatoms. The molecule has 0 bridgehead atoms. The van der Waals surface area contributed by atoms with Gasteiger partial charge in [-0.15, -0.1) is 0 Å². The Morgan fingerprint density at radius 2 is 2.07 bits per heavy atom. The number of rotatable bonds is 6. The molecule has 1 aliphatic heterocycles. The Labute approximate surface area is 165 Å². The number of hydrogen-bond donors (Lipinski definition) is 2. The third-order valence-corrected chi connectivity index (χ3v) is 4.55. The number of nitro benzene ring substituents is 1. The molecule has 1 fully saturated rings. The number of benzene rings is 2. The van der Waals surface area contributed by atoms with Crippen LogP contribution in [0.5, 0.6) is 11.5 Å². The van der Waals surface area contributed by atoms with Crippen LogP contribution in [0.15, 0.2) is 47.6 Å². The first-order valence-electron chi connectivity index (χ1n) is 8.61. The van der Waals surface area contributed by atoms with Gasteiger partial charge in [-0.25, -0.2) is 5.43 Å². The number of hydrazone groups is 1. The van der Waals surface area contributed by atoms with Crippen molar-refractivity contribution in [2.24, 2.45) is 11.0 Å². The second-order valence-electron chi connectivity index (χ2n) is 6.30. The molecule has 2 aromatic rings. The molecular weight excluding hydrogens is 380 g/mol. The van der Waals surface area contributed by atoms with Crippen molar-refractivity contribution in [1.82, 2.24) is 10.7 Å². The highest BCUT2D eigenvalue weighted by atomic mass is 16.6. The van der Waals surface area contributed by atoms with Crippen LogP contribution in [0.3, 0.4) is 0 Å². The molecule has 2 N–H and O–H groups in total. The Kier molecular flexibility index (Phi) is 5.72.